The van der Waals surface area contributed by atoms with Crippen LogP contribution in [0.25, 0.3) is 12.2 Å². The predicted octanol–water partition coefficient (Wildman–Crippen LogP) is 2.07. The largest absolute Gasteiger partial charge is 0.504 e. The molecule has 0 aliphatic rings. The maximum Gasteiger partial charge on any atom is 0.328 e. The fourth-order valence-electron chi connectivity index (χ4n) is 1.56. The van der Waals surface area contributed by atoms with E-state index in [0.717, 1.165) is 6.08 Å². The van der Waals surface area contributed by atoms with E-state index in [-0.39, 0.29) is 17.9 Å². The molecule has 21 heavy (non-hydrogen) atoms. The van der Waals surface area contributed by atoms with E-state index in [1.165, 1.54) is 38.5 Å². The van der Waals surface area contributed by atoms with Crippen LogP contribution in [0.3, 0.4) is 0 Å². The van der Waals surface area contributed by atoms with E-state index in [0.29, 0.717) is 11.1 Å². The summed E-state index contributed by atoms with van der Waals surface area (Å²) in [6, 6.07) is 3.08. The second kappa shape index (κ2) is 7.74. The molecule has 1 aromatic carbocycles. The third-order valence-electron chi connectivity index (χ3n) is 2.57. The van der Waals surface area contributed by atoms with Gasteiger partial charge in [-0.25, -0.2) is 4.79 Å². The van der Waals surface area contributed by atoms with Crippen LogP contribution in [0.4, 0.5) is 0 Å². The van der Waals surface area contributed by atoms with Crippen LogP contribution in [0.15, 0.2) is 24.3 Å². The number of carbonyl (C=O) groups is 2. The summed E-state index contributed by atoms with van der Waals surface area (Å²) in [5, 5.41) is 18.6. The zero-order valence-corrected chi connectivity index (χ0v) is 11.7. The summed E-state index contributed by atoms with van der Waals surface area (Å²) in [5.74, 6) is -1.36. The number of carboxylic acids is 1. The lowest BCUT2D eigenvalue weighted by atomic mass is 10.1. The summed E-state index contributed by atoms with van der Waals surface area (Å²) < 4.78 is 9.52. The van der Waals surface area contributed by atoms with Gasteiger partial charge in [-0.3, -0.25) is 4.79 Å². The normalized spacial score (nSPS) is 11.0. The van der Waals surface area contributed by atoms with Gasteiger partial charge in [0.1, 0.15) is 0 Å². The smallest absolute Gasteiger partial charge is 0.328 e. The first-order valence-corrected chi connectivity index (χ1v) is 6.03. The number of rotatable bonds is 6. The molecule has 0 aliphatic carbocycles. The summed E-state index contributed by atoms with van der Waals surface area (Å²) in [6.07, 6.45) is 5.49. The SMILES string of the molecule is COC(=O)CC=Cc1cc(C=CC(=O)O)cc(OC)c1O. The van der Waals surface area contributed by atoms with Gasteiger partial charge in [0.05, 0.1) is 20.6 Å². The van der Waals surface area contributed by atoms with Crippen molar-refractivity contribution in [2.24, 2.45) is 0 Å². The first-order chi connectivity index (χ1) is 9.97. The Bertz CT molecular complexity index is 586. The van der Waals surface area contributed by atoms with Crippen LogP contribution in [0, 0.1) is 0 Å². The molecule has 0 atom stereocenters. The number of phenols is 1. The highest BCUT2D eigenvalue weighted by Crippen LogP contribution is 2.32. The van der Waals surface area contributed by atoms with E-state index < -0.39 is 11.9 Å². The van der Waals surface area contributed by atoms with Crippen LogP contribution in [0.5, 0.6) is 11.5 Å². The van der Waals surface area contributed by atoms with Crippen molar-refractivity contribution >= 4 is 24.1 Å². The molecule has 1 aromatic rings. The van der Waals surface area contributed by atoms with Gasteiger partial charge in [-0.2, -0.15) is 0 Å². The lowest BCUT2D eigenvalue weighted by Crippen LogP contribution is -1.96. The fourth-order valence-corrected chi connectivity index (χ4v) is 1.56. The number of methoxy groups -OCH3 is 2. The molecule has 0 heterocycles. The zero-order valence-electron chi connectivity index (χ0n) is 11.7. The first-order valence-electron chi connectivity index (χ1n) is 6.03. The van der Waals surface area contributed by atoms with Crippen LogP contribution in [0.1, 0.15) is 17.5 Å². The van der Waals surface area contributed by atoms with Gasteiger partial charge in [-0.1, -0.05) is 12.2 Å². The molecular weight excluding hydrogens is 276 g/mol. The molecule has 0 saturated heterocycles. The van der Waals surface area contributed by atoms with Crippen LogP contribution < -0.4 is 4.74 Å². The van der Waals surface area contributed by atoms with E-state index in [1.54, 1.807) is 6.07 Å². The molecule has 0 spiro atoms. The van der Waals surface area contributed by atoms with Gasteiger partial charge in [0.2, 0.25) is 0 Å². The number of hydrogen-bond donors (Lipinski definition) is 2. The third kappa shape index (κ3) is 5.02. The van der Waals surface area contributed by atoms with Crippen molar-refractivity contribution in [2.45, 2.75) is 6.42 Å². The topological polar surface area (TPSA) is 93.1 Å². The van der Waals surface area contributed by atoms with Crippen molar-refractivity contribution in [3.05, 3.63) is 35.4 Å². The number of hydrogen-bond acceptors (Lipinski definition) is 5. The zero-order chi connectivity index (χ0) is 15.8. The molecule has 0 bridgehead atoms. The quantitative estimate of drug-likeness (QED) is 0.616. The molecule has 0 unspecified atom stereocenters. The number of phenolic OH excluding ortho intramolecular Hbond substituents is 1. The Morgan fingerprint density at radius 2 is 1.95 bits per heavy atom. The lowest BCUT2D eigenvalue weighted by Gasteiger charge is -2.08. The van der Waals surface area contributed by atoms with E-state index in [2.05, 4.69) is 4.74 Å². The third-order valence-corrected chi connectivity index (χ3v) is 2.57. The number of aromatic hydroxyl groups is 1. The Labute approximate surface area is 121 Å². The number of benzene rings is 1. The molecule has 0 aromatic heterocycles. The van der Waals surface area contributed by atoms with Crippen LogP contribution in [-0.4, -0.2) is 36.4 Å². The Morgan fingerprint density at radius 1 is 1.24 bits per heavy atom. The average molecular weight is 292 g/mol. The minimum absolute atomic E-state index is 0.0629. The Morgan fingerprint density at radius 3 is 2.52 bits per heavy atom. The number of ether oxygens (including phenoxy) is 2. The number of aliphatic carboxylic acids is 1. The Kier molecular flexibility index (Phi) is 6.00. The van der Waals surface area contributed by atoms with Crippen molar-refractivity contribution in [2.75, 3.05) is 14.2 Å². The second-order valence-corrected chi connectivity index (χ2v) is 4.02. The van der Waals surface area contributed by atoms with Crippen molar-refractivity contribution in [3.63, 3.8) is 0 Å². The van der Waals surface area contributed by atoms with Crippen molar-refractivity contribution in [1.82, 2.24) is 0 Å². The minimum Gasteiger partial charge on any atom is -0.504 e. The van der Waals surface area contributed by atoms with Crippen molar-refractivity contribution < 1.29 is 29.3 Å². The molecule has 1 rings (SSSR count). The van der Waals surface area contributed by atoms with Crippen molar-refractivity contribution in [3.8, 4) is 11.5 Å². The maximum absolute atomic E-state index is 11.0. The Balaban J connectivity index is 3.09. The van der Waals surface area contributed by atoms with Gasteiger partial charge in [0.25, 0.3) is 0 Å². The monoisotopic (exact) mass is 292 g/mol. The lowest BCUT2D eigenvalue weighted by molar-refractivity contribution is -0.139. The van der Waals surface area contributed by atoms with Crippen LogP contribution >= 0.6 is 0 Å². The van der Waals surface area contributed by atoms with Crippen molar-refractivity contribution in [1.29, 1.82) is 0 Å². The molecule has 6 nitrogen and oxygen atoms in total. The molecule has 0 aliphatic heterocycles. The molecule has 2 N–H and O–H groups in total. The summed E-state index contributed by atoms with van der Waals surface area (Å²) in [5.41, 5.74) is 0.952. The second-order valence-electron chi connectivity index (χ2n) is 4.02. The summed E-state index contributed by atoms with van der Waals surface area (Å²) in [6.45, 7) is 0. The van der Waals surface area contributed by atoms with Crippen LogP contribution in [0.2, 0.25) is 0 Å². The fraction of sp³-hybridized carbons (Fsp3) is 0.200. The van der Waals surface area contributed by atoms with E-state index in [9.17, 15) is 14.7 Å². The molecule has 0 radical (unpaired) electrons. The molecule has 0 fully saturated rings. The summed E-state index contributed by atoms with van der Waals surface area (Å²) in [4.78, 5) is 21.5. The highest BCUT2D eigenvalue weighted by atomic mass is 16.5. The number of carbonyl (C=O) groups excluding carboxylic acids is 1. The van der Waals surface area contributed by atoms with Gasteiger partial charge < -0.3 is 19.7 Å². The highest BCUT2D eigenvalue weighted by Gasteiger charge is 2.08. The molecule has 6 heteroatoms. The molecule has 0 amide bonds. The van der Waals surface area contributed by atoms with Gasteiger partial charge in [0, 0.05) is 11.6 Å². The van der Waals surface area contributed by atoms with E-state index in [4.69, 9.17) is 9.84 Å². The number of esters is 1. The predicted molar refractivity (Wildman–Crippen MR) is 77.0 cm³/mol. The number of carboxylic acid groups (broad SMARTS) is 1. The van der Waals surface area contributed by atoms with E-state index >= 15 is 0 Å². The summed E-state index contributed by atoms with van der Waals surface area (Å²) in [7, 11) is 2.68. The Hall–Kier alpha value is -2.76. The summed E-state index contributed by atoms with van der Waals surface area (Å²) >= 11 is 0. The van der Waals surface area contributed by atoms with Gasteiger partial charge in [0.15, 0.2) is 11.5 Å². The highest BCUT2D eigenvalue weighted by molar-refractivity contribution is 5.85. The first kappa shape index (κ1) is 16.3. The molecule has 0 saturated carbocycles. The minimum atomic E-state index is -1.08. The molecular formula is C15H16O6. The van der Waals surface area contributed by atoms with Gasteiger partial charge >= 0.3 is 11.9 Å². The molecule has 112 valence electrons. The van der Waals surface area contributed by atoms with E-state index in [1.807, 2.05) is 0 Å². The standard InChI is InChI=1S/C15H16O6/c1-20-12-9-10(6-7-13(16)17)8-11(15(12)19)4-3-5-14(18)21-2/h3-4,6-9,19H,5H2,1-2H3,(H,16,17). The maximum atomic E-state index is 11.0. The van der Waals surface area contributed by atoms with Gasteiger partial charge in [-0.05, 0) is 23.8 Å². The average Bonchev–Trinajstić information content (AvgIpc) is 2.47. The van der Waals surface area contributed by atoms with Gasteiger partial charge in [-0.15, -0.1) is 0 Å². The van der Waals surface area contributed by atoms with Crippen LogP contribution in [-0.2, 0) is 14.3 Å².